The third kappa shape index (κ3) is 4.19. The number of hydrogen-bond donors (Lipinski definition) is 2. The molecule has 0 aliphatic heterocycles. The van der Waals surface area contributed by atoms with Crippen LogP contribution in [-0.4, -0.2) is 17.6 Å². The van der Waals surface area contributed by atoms with Crippen LogP contribution in [0.4, 0.5) is 0 Å². The molecular formula is C17H17NO2S. The summed E-state index contributed by atoms with van der Waals surface area (Å²) in [5.41, 5.74) is 3.43. The van der Waals surface area contributed by atoms with Crippen molar-refractivity contribution in [3.8, 4) is 11.8 Å². The van der Waals surface area contributed by atoms with E-state index in [0.29, 0.717) is 18.5 Å². The second-order valence-electron chi connectivity index (χ2n) is 4.57. The Kier molecular flexibility index (Phi) is 5.56. The lowest BCUT2D eigenvalue weighted by Gasteiger charge is -2.08. The molecule has 4 heteroatoms. The number of carbonyl (C=O) groups excluding carboxylic acids is 1. The van der Waals surface area contributed by atoms with Crippen molar-refractivity contribution in [3.05, 3.63) is 57.3 Å². The number of hydrogen-bond acceptors (Lipinski definition) is 3. The summed E-state index contributed by atoms with van der Waals surface area (Å²) in [6, 6.07) is 7.51. The van der Waals surface area contributed by atoms with Crippen LogP contribution in [0.3, 0.4) is 0 Å². The van der Waals surface area contributed by atoms with Crippen LogP contribution in [-0.2, 0) is 6.54 Å². The Bertz CT molecular complexity index is 666. The van der Waals surface area contributed by atoms with E-state index in [1.807, 2.05) is 35.9 Å². The lowest BCUT2D eigenvalue weighted by molar-refractivity contribution is 0.0950. The molecule has 1 aromatic carbocycles. The van der Waals surface area contributed by atoms with E-state index in [4.69, 9.17) is 5.11 Å². The lowest BCUT2D eigenvalue weighted by Crippen LogP contribution is -2.23. The van der Waals surface area contributed by atoms with Gasteiger partial charge in [0.25, 0.3) is 5.91 Å². The number of aliphatic hydroxyl groups excluding tert-OH is 1. The average molecular weight is 299 g/mol. The van der Waals surface area contributed by atoms with Crippen molar-refractivity contribution >= 4 is 17.2 Å². The summed E-state index contributed by atoms with van der Waals surface area (Å²) in [4.78, 5) is 12.2. The number of benzene rings is 1. The van der Waals surface area contributed by atoms with Crippen LogP contribution >= 0.6 is 11.3 Å². The summed E-state index contributed by atoms with van der Waals surface area (Å²) >= 11 is 1.61. The van der Waals surface area contributed by atoms with Gasteiger partial charge < -0.3 is 10.4 Å². The third-order valence-electron chi connectivity index (χ3n) is 3.07. The average Bonchev–Trinajstić information content (AvgIpc) is 3.00. The first-order valence-electron chi connectivity index (χ1n) is 6.71. The molecule has 0 fully saturated rings. The molecule has 2 aromatic rings. The molecule has 0 saturated heterocycles. The van der Waals surface area contributed by atoms with Crippen LogP contribution in [0.5, 0.6) is 0 Å². The second-order valence-corrected chi connectivity index (χ2v) is 5.35. The van der Waals surface area contributed by atoms with E-state index in [-0.39, 0.29) is 12.5 Å². The maximum absolute atomic E-state index is 12.2. The van der Waals surface area contributed by atoms with Crippen LogP contribution in [0, 0.1) is 18.8 Å². The zero-order valence-electron chi connectivity index (χ0n) is 11.8. The van der Waals surface area contributed by atoms with E-state index < -0.39 is 0 Å². The number of rotatable bonds is 4. The summed E-state index contributed by atoms with van der Waals surface area (Å²) in [5, 5.41) is 15.7. The summed E-state index contributed by atoms with van der Waals surface area (Å²) in [6.07, 6.45) is 0.439. The van der Waals surface area contributed by atoms with Gasteiger partial charge in [-0.2, -0.15) is 11.3 Å². The Balaban J connectivity index is 2.10. The van der Waals surface area contributed by atoms with E-state index >= 15 is 0 Å². The standard InChI is InChI=1S/C17H17NO2S/c1-13-15(5-2-3-9-19)6-4-7-16(13)17(20)18-11-14-8-10-21-12-14/h4,6-8,10,12,19H,3,9,11H2,1H3,(H,18,20). The Morgan fingerprint density at radius 2 is 2.24 bits per heavy atom. The van der Waals surface area contributed by atoms with E-state index in [1.165, 1.54) is 0 Å². The molecule has 0 spiro atoms. The van der Waals surface area contributed by atoms with Crippen molar-refractivity contribution in [1.29, 1.82) is 0 Å². The van der Waals surface area contributed by atoms with Gasteiger partial charge in [-0.1, -0.05) is 17.9 Å². The molecule has 3 nitrogen and oxygen atoms in total. The SMILES string of the molecule is Cc1c(C#CCCO)cccc1C(=O)NCc1ccsc1. The second kappa shape index (κ2) is 7.63. The topological polar surface area (TPSA) is 49.3 Å². The molecule has 2 N–H and O–H groups in total. The highest BCUT2D eigenvalue weighted by molar-refractivity contribution is 7.07. The van der Waals surface area contributed by atoms with Gasteiger partial charge in [0.2, 0.25) is 0 Å². The number of carbonyl (C=O) groups is 1. The zero-order valence-corrected chi connectivity index (χ0v) is 12.7. The van der Waals surface area contributed by atoms with Crippen molar-refractivity contribution in [1.82, 2.24) is 5.32 Å². The minimum absolute atomic E-state index is 0.0485. The van der Waals surface area contributed by atoms with Gasteiger partial charge in [-0.15, -0.1) is 0 Å². The van der Waals surface area contributed by atoms with Gasteiger partial charge in [0.05, 0.1) is 6.61 Å². The maximum Gasteiger partial charge on any atom is 0.251 e. The molecule has 0 aliphatic carbocycles. The highest BCUT2D eigenvalue weighted by atomic mass is 32.1. The summed E-state index contributed by atoms with van der Waals surface area (Å²) in [5.74, 6) is 5.78. The van der Waals surface area contributed by atoms with Gasteiger partial charge in [0.15, 0.2) is 0 Å². The van der Waals surface area contributed by atoms with Gasteiger partial charge in [-0.25, -0.2) is 0 Å². The molecule has 0 bridgehead atoms. The molecule has 0 saturated carbocycles. The Morgan fingerprint density at radius 3 is 2.95 bits per heavy atom. The third-order valence-corrected chi connectivity index (χ3v) is 3.80. The normalized spacial score (nSPS) is 9.81. The van der Waals surface area contributed by atoms with Gasteiger partial charge in [0, 0.05) is 24.1 Å². The molecule has 1 amide bonds. The van der Waals surface area contributed by atoms with Crippen molar-refractivity contribution in [2.24, 2.45) is 0 Å². The molecule has 108 valence electrons. The van der Waals surface area contributed by atoms with Crippen molar-refractivity contribution in [3.63, 3.8) is 0 Å². The van der Waals surface area contributed by atoms with Crippen LogP contribution in [0.25, 0.3) is 0 Å². The molecule has 0 radical (unpaired) electrons. The van der Waals surface area contributed by atoms with Crippen LogP contribution in [0.15, 0.2) is 35.0 Å². The fraction of sp³-hybridized carbons (Fsp3) is 0.235. The highest BCUT2D eigenvalue weighted by Gasteiger charge is 2.10. The Hall–Kier alpha value is -2.09. The van der Waals surface area contributed by atoms with Gasteiger partial charge in [-0.05, 0) is 47.0 Å². The molecule has 1 heterocycles. The van der Waals surface area contributed by atoms with Crippen molar-refractivity contribution < 1.29 is 9.90 Å². The van der Waals surface area contributed by atoms with E-state index in [9.17, 15) is 4.79 Å². The first kappa shape index (κ1) is 15.3. The first-order valence-corrected chi connectivity index (χ1v) is 7.65. The predicted octanol–water partition coefficient (Wildman–Crippen LogP) is 2.72. The van der Waals surface area contributed by atoms with Crippen LogP contribution < -0.4 is 5.32 Å². The monoisotopic (exact) mass is 299 g/mol. The quantitative estimate of drug-likeness (QED) is 0.853. The van der Waals surface area contributed by atoms with E-state index in [1.54, 1.807) is 17.4 Å². The molecule has 1 aromatic heterocycles. The van der Waals surface area contributed by atoms with Crippen LogP contribution in [0.1, 0.15) is 33.5 Å². The minimum atomic E-state index is -0.0930. The largest absolute Gasteiger partial charge is 0.395 e. The number of amides is 1. The zero-order chi connectivity index (χ0) is 15.1. The Morgan fingerprint density at radius 1 is 1.38 bits per heavy atom. The molecule has 0 unspecified atom stereocenters. The first-order chi connectivity index (χ1) is 10.2. The summed E-state index contributed by atoms with van der Waals surface area (Å²) < 4.78 is 0. The predicted molar refractivity (Wildman–Crippen MR) is 85.2 cm³/mol. The van der Waals surface area contributed by atoms with E-state index in [0.717, 1.165) is 16.7 Å². The number of nitrogens with one attached hydrogen (secondary N) is 1. The molecule has 21 heavy (non-hydrogen) atoms. The fourth-order valence-corrected chi connectivity index (χ4v) is 2.57. The van der Waals surface area contributed by atoms with E-state index in [2.05, 4.69) is 17.2 Å². The maximum atomic E-state index is 12.2. The highest BCUT2D eigenvalue weighted by Crippen LogP contribution is 2.13. The van der Waals surface area contributed by atoms with Gasteiger partial charge in [0.1, 0.15) is 0 Å². The van der Waals surface area contributed by atoms with Gasteiger partial charge in [-0.3, -0.25) is 4.79 Å². The smallest absolute Gasteiger partial charge is 0.251 e. The lowest BCUT2D eigenvalue weighted by atomic mass is 10.0. The minimum Gasteiger partial charge on any atom is -0.395 e. The molecule has 2 rings (SSSR count). The van der Waals surface area contributed by atoms with Gasteiger partial charge >= 0.3 is 0 Å². The molecular weight excluding hydrogens is 282 g/mol. The Labute approximate surface area is 128 Å². The molecule has 0 atom stereocenters. The van der Waals surface area contributed by atoms with Crippen molar-refractivity contribution in [2.45, 2.75) is 19.9 Å². The summed E-state index contributed by atoms with van der Waals surface area (Å²) in [6.45, 7) is 2.47. The number of aliphatic hydroxyl groups is 1. The van der Waals surface area contributed by atoms with Crippen molar-refractivity contribution in [2.75, 3.05) is 6.61 Å². The fourth-order valence-electron chi connectivity index (χ4n) is 1.90. The summed E-state index contributed by atoms with van der Waals surface area (Å²) in [7, 11) is 0. The number of thiophene rings is 1. The molecule has 0 aliphatic rings. The van der Waals surface area contributed by atoms with Crippen LogP contribution in [0.2, 0.25) is 0 Å².